The molecule has 0 bridgehead atoms. The van der Waals surface area contributed by atoms with Crippen LogP contribution in [0.2, 0.25) is 0 Å². The minimum Gasteiger partial charge on any atom is -0.326 e. The number of hydrogen-bond acceptors (Lipinski definition) is 3. The normalized spacial score (nSPS) is 28.6. The summed E-state index contributed by atoms with van der Waals surface area (Å²) < 4.78 is 0. The second-order valence-corrected chi connectivity index (χ2v) is 5.59. The highest BCUT2D eigenvalue weighted by molar-refractivity contribution is 5.09. The van der Waals surface area contributed by atoms with Crippen molar-refractivity contribution in [2.24, 2.45) is 11.7 Å². The molecule has 0 amide bonds. The van der Waals surface area contributed by atoms with Gasteiger partial charge >= 0.3 is 0 Å². The van der Waals surface area contributed by atoms with E-state index in [-0.39, 0.29) is 0 Å². The Kier molecular flexibility index (Phi) is 4.72. The Morgan fingerprint density at radius 1 is 1.33 bits per heavy atom. The van der Waals surface area contributed by atoms with Gasteiger partial charge < -0.3 is 5.73 Å². The van der Waals surface area contributed by atoms with Crippen molar-refractivity contribution in [1.29, 1.82) is 0 Å². The minimum absolute atomic E-state index is 0.333. The lowest BCUT2D eigenvalue weighted by molar-refractivity contribution is 0.129. The monoisotopic (exact) mass is 247 g/mol. The van der Waals surface area contributed by atoms with Gasteiger partial charge in [-0.25, -0.2) is 0 Å². The molecule has 2 N–H and O–H groups in total. The first-order valence-corrected chi connectivity index (χ1v) is 7.05. The van der Waals surface area contributed by atoms with Crippen molar-refractivity contribution in [3.63, 3.8) is 0 Å². The summed E-state index contributed by atoms with van der Waals surface area (Å²) in [6.07, 6.45) is 8.73. The molecular formula is C15H25N3. The number of pyridine rings is 1. The van der Waals surface area contributed by atoms with Gasteiger partial charge in [-0.2, -0.15) is 0 Å². The molecule has 100 valence electrons. The third-order valence-electron chi connectivity index (χ3n) is 4.30. The van der Waals surface area contributed by atoms with Gasteiger partial charge in [-0.3, -0.25) is 9.88 Å². The summed E-state index contributed by atoms with van der Waals surface area (Å²) in [7, 11) is 2.20. The summed E-state index contributed by atoms with van der Waals surface area (Å²) in [5.41, 5.74) is 7.61. The van der Waals surface area contributed by atoms with Crippen molar-refractivity contribution in [1.82, 2.24) is 9.88 Å². The molecule has 0 aromatic carbocycles. The topological polar surface area (TPSA) is 42.1 Å². The maximum atomic E-state index is 6.30. The molecule has 1 heterocycles. The molecule has 1 saturated carbocycles. The molecule has 18 heavy (non-hydrogen) atoms. The summed E-state index contributed by atoms with van der Waals surface area (Å²) in [6.45, 7) is 3.26. The van der Waals surface area contributed by atoms with Crippen LogP contribution in [0.25, 0.3) is 0 Å². The molecule has 1 aliphatic rings. The van der Waals surface area contributed by atoms with Gasteiger partial charge in [-0.1, -0.05) is 13.3 Å². The zero-order valence-corrected chi connectivity index (χ0v) is 11.5. The average molecular weight is 247 g/mol. The van der Waals surface area contributed by atoms with Crippen molar-refractivity contribution in [2.75, 3.05) is 7.05 Å². The maximum absolute atomic E-state index is 6.30. The molecule has 0 radical (unpaired) electrons. The van der Waals surface area contributed by atoms with E-state index in [0.717, 1.165) is 12.5 Å². The molecule has 3 atom stereocenters. The Labute approximate surface area is 110 Å². The quantitative estimate of drug-likeness (QED) is 0.888. The van der Waals surface area contributed by atoms with E-state index in [4.69, 9.17) is 5.73 Å². The highest BCUT2D eigenvalue weighted by atomic mass is 15.1. The Bertz CT molecular complexity index is 352. The van der Waals surface area contributed by atoms with Crippen LogP contribution in [0.5, 0.6) is 0 Å². The number of nitrogens with zero attached hydrogens (tertiary/aromatic N) is 2. The maximum Gasteiger partial charge on any atom is 0.0271 e. The molecule has 0 aliphatic heterocycles. The van der Waals surface area contributed by atoms with Crippen LogP contribution < -0.4 is 5.73 Å². The van der Waals surface area contributed by atoms with Crippen molar-refractivity contribution >= 4 is 0 Å². The molecule has 1 fully saturated rings. The molecule has 2 rings (SSSR count). The zero-order valence-electron chi connectivity index (χ0n) is 11.5. The molecule has 3 heteroatoms. The van der Waals surface area contributed by atoms with Crippen LogP contribution in [0.3, 0.4) is 0 Å². The Balaban J connectivity index is 1.96. The van der Waals surface area contributed by atoms with Crippen LogP contribution in [-0.2, 0) is 6.54 Å². The standard InChI is InChI=1S/C15H25N3/c1-3-12-4-5-14(16)15(10-12)18(2)11-13-6-8-17-9-7-13/h6-9,12,14-15H,3-5,10-11,16H2,1-2H3. The van der Waals surface area contributed by atoms with Crippen molar-refractivity contribution < 1.29 is 0 Å². The molecule has 1 aromatic rings. The fourth-order valence-electron chi connectivity index (χ4n) is 3.03. The highest BCUT2D eigenvalue weighted by Crippen LogP contribution is 2.29. The molecular weight excluding hydrogens is 222 g/mol. The van der Waals surface area contributed by atoms with Gasteiger partial charge in [0.25, 0.3) is 0 Å². The first-order chi connectivity index (χ1) is 8.70. The molecule has 3 nitrogen and oxygen atoms in total. The van der Waals surface area contributed by atoms with Crippen molar-refractivity contribution in [3.8, 4) is 0 Å². The van der Waals surface area contributed by atoms with Crippen molar-refractivity contribution in [2.45, 2.75) is 51.2 Å². The third-order valence-corrected chi connectivity index (χ3v) is 4.30. The largest absolute Gasteiger partial charge is 0.326 e. The predicted octanol–water partition coefficient (Wildman–Crippen LogP) is 2.42. The van der Waals surface area contributed by atoms with Crippen LogP contribution in [0.4, 0.5) is 0 Å². The smallest absolute Gasteiger partial charge is 0.0271 e. The fraction of sp³-hybridized carbons (Fsp3) is 0.667. The number of rotatable bonds is 4. The second kappa shape index (κ2) is 6.30. The van der Waals surface area contributed by atoms with E-state index in [1.54, 1.807) is 0 Å². The summed E-state index contributed by atoms with van der Waals surface area (Å²) in [6, 6.07) is 5.03. The second-order valence-electron chi connectivity index (χ2n) is 5.59. The van der Waals surface area contributed by atoms with Gasteiger partial charge in [-0.05, 0) is 49.9 Å². The van der Waals surface area contributed by atoms with E-state index >= 15 is 0 Å². The van der Waals surface area contributed by atoms with Crippen LogP contribution in [0.1, 0.15) is 38.2 Å². The first kappa shape index (κ1) is 13.5. The predicted molar refractivity (Wildman–Crippen MR) is 75.1 cm³/mol. The number of hydrogen-bond donors (Lipinski definition) is 1. The van der Waals surface area contributed by atoms with E-state index in [1.165, 1.54) is 31.2 Å². The van der Waals surface area contributed by atoms with Gasteiger partial charge in [0.05, 0.1) is 0 Å². The number of nitrogens with two attached hydrogens (primary N) is 1. The molecule has 1 aromatic heterocycles. The Morgan fingerprint density at radius 2 is 2.06 bits per heavy atom. The molecule has 3 unspecified atom stereocenters. The summed E-state index contributed by atoms with van der Waals surface area (Å²) >= 11 is 0. The van der Waals surface area contributed by atoms with E-state index < -0.39 is 0 Å². The third kappa shape index (κ3) is 3.30. The van der Waals surface area contributed by atoms with Gasteiger partial charge in [0.15, 0.2) is 0 Å². The van der Waals surface area contributed by atoms with Crippen LogP contribution in [0, 0.1) is 5.92 Å². The fourth-order valence-corrected chi connectivity index (χ4v) is 3.03. The summed E-state index contributed by atoms with van der Waals surface area (Å²) in [5.74, 6) is 0.856. The molecule has 0 saturated heterocycles. The van der Waals surface area contributed by atoms with Crippen LogP contribution in [0.15, 0.2) is 24.5 Å². The summed E-state index contributed by atoms with van der Waals surface area (Å²) in [4.78, 5) is 6.48. The number of aromatic nitrogens is 1. The van der Waals surface area contributed by atoms with E-state index in [0.29, 0.717) is 12.1 Å². The SMILES string of the molecule is CCC1CCC(N)C(N(C)Cc2ccncc2)C1. The van der Waals surface area contributed by atoms with Crippen LogP contribution >= 0.6 is 0 Å². The number of likely N-dealkylation sites (N-methyl/N-ethyl adjacent to an activating group) is 1. The molecule has 1 aliphatic carbocycles. The average Bonchev–Trinajstić information content (AvgIpc) is 2.40. The van der Waals surface area contributed by atoms with Gasteiger partial charge in [0.1, 0.15) is 0 Å². The van der Waals surface area contributed by atoms with E-state index in [1.807, 2.05) is 12.4 Å². The van der Waals surface area contributed by atoms with Crippen LogP contribution in [-0.4, -0.2) is 29.0 Å². The summed E-state index contributed by atoms with van der Waals surface area (Å²) in [5, 5.41) is 0. The lowest BCUT2D eigenvalue weighted by Gasteiger charge is -2.39. The zero-order chi connectivity index (χ0) is 13.0. The van der Waals surface area contributed by atoms with E-state index in [2.05, 4.69) is 36.0 Å². The highest BCUT2D eigenvalue weighted by Gasteiger charge is 2.29. The Hall–Kier alpha value is -0.930. The molecule has 0 spiro atoms. The van der Waals surface area contributed by atoms with E-state index in [9.17, 15) is 0 Å². The minimum atomic E-state index is 0.333. The van der Waals surface area contributed by atoms with Crippen molar-refractivity contribution in [3.05, 3.63) is 30.1 Å². The van der Waals surface area contributed by atoms with Gasteiger partial charge in [-0.15, -0.1) is 0 Å². The Morgan fingerprint density at radius 3 is 2.72 bits per heavy atom. The first-order valence-electron chi connectivity index (χ1n) is 7.05. The lowest BCUT2D eigenvalue weighted by Crippen LogP contribution is -2.49. The van der Waals surface area contributed by atoms with Gasteiger partial charge in [0.2, 0.25) is 0 Å². The van der Waals surface area contributed by atoms with Gasteiger partial charge in [0, 0.05) is 31.0 Å². The lowest BCUT2D eigenvalue weighted by atomic mass is 9.80.